The van der Waals surface area contributed by atoms with Gasteiger partial charge in [0.2, 0.25) is 5.91 Å². The van der Waals surface area contributed by atoms with Gasteiger partial charge in [-0.05, 0) is 31.0 Å². The van der Waals surface area contributed by atoms with E-state index in [1.807, 2.05) is 12.1 Å². The predicted molar refractivity (Wildman–Crippen MR) is 93.2 cm³/mol. The number of nitrogens with one attached hydrogen (secondary N) is 2. The fourth-order valence-electron chi connectivity index (χ4n) is 3.17. The molecule has 1 saturated heterocycles. The van der Waals surface area contributed by atoms with Crippen LogP contribution >= 0.6 is 0 Å². The zero-order valence-corrected chi connectivity index (χ0v) is 13.5. The van der Waals surface area contributed by atoms with Crippen molar-refractivity contribution < 1.29 is 9.59 Å². The Balaban J connectivity index is 1.55. The molecule has 1 aliphatic heterocycles. The molecule has 4 rings (SSSR count). The second-order valence-corrected chi connectivity index (χ2v) is 6.01. The van der Waals surface area contributed by atoms with Crippen molar-refractivity contribution in [2.45, 2.75) is 18.9 Å². The van der Waals surface area contributed by atoms with Crippen molar-refractivity contribution in [3.8, 4) is 0 Å². The molecule has 1 aromatic carbocycles. The van der Waals surface area contributed by atoms with Crippen LogP contribution in [0.25, 0.3) is 10.9 Å². The number of benzene rings is 1. The third-order valence-corrected chi connectivity index (χ3v) is 4.42. The molecule has 7 heteroatoms. The molecule has 126 valence electrons. The molecule has 25 heavy (non-hydrogen) atoms. The van der Waals surface area contributed by atoms with E-state index in [0.29, 0.717) is 24.0 Å². The molecule has 3 aromatic rings. The number of piperidine rings is 1. The molecule has 2 amide bonds. The Morgan fingerprint density at radius 1 is 1.24 bits per heavy atom. The smallest absolute Gasteiger partial charge is 0.254 e. The van der Waals surface area contributed by atoms with Crippen LogP contribution in [0.15, 0.2) is 48.9 Å². The van der Waals surface area contributed by atoms with Crippen molar-refractivity contribution in [3.63, 3.8) is 0 Å². The Morgan fingerprint density at radius 2 is 2.16 bits per heavy atom. The third-order valence-electron chi connectivity index (χ3n) is 4.42. The molecule has 1 fully saturated rings. The molecule has 2 aromatic heterocycles. The van der Waals surface area contributed by atoms with E-state index in [-0.39, 0.29) is 11.8 Å². The first-order valence-corrected chi connectivity index (χ1v) is 8.18. The summed E-state index contributed by atoms with van der Waals surface area (Å²) in [6, 6.07) is 8.51. The summed E-state index contributed by atoms with van der Waals surface area (Å²) >= 11 is 0. The molecular weight excluding hydrogens is 318 g/mol. The lowest BCUT2D eigenvalue weighted by Gasteiger charge is -2.32. The van der Waals surface area contributed by atoms with Crippen molar-refractivity contribution in [2.75, 3.05) is 11.4 Å². The number of nitrogens with zero attached hydrogens (tertiary/aromatic N) is 3. The first kappa shape index (κ1) is 15.3. The zero-order valence-electron chi connectivity index (χ0n) is 13.5. The van der Waals surface area contributed by atoms with Gasteiger partial charge < -0.3 is 10.2 Å². The highest BCUT2D eigenvalue weighted by Gasteiger charge is 2.31. The fraction of sp³-hybridized carbons (Fsp3) is 0.222. The highest BCUT2D eigenvalue weighted by Crippen LogP contribution is 2.21. The number of aromatic amines is 1. The van der Waals surface area contributed by atoms with Gasteiger partial charge in [0, 0.05) is 18.1 Å². The quantitative estimate of drug-likeness (QED) is 0.764. The highest BCUT2D eigenvalue weighted by atomic mass is 16.2. The summed E-state index contributed by atoms with van der Waals surface area (Å²) in [5.74, 6) is -0.384. The number of pyridine rings is 1. The zero-order chi connectivity index (χ0) is 17.2. The first-order chi connectivity index (χ1) is 12.2. The maximum absolute atomic E-state index is 12.8. The Labute approximate surface area is 144 Å². The minimum absolute atomic E-state index is 0.107. The topological polar surface area (TPSA) is 91.0 Å². The fourth-order valence-corrected chi connectivity index (χ4v) is 3.17. The molecule has 0 bridgehead atoms. The molecule has 0 radical (unpaired) electrons. The van der Waals surface area contributed by atoms with E-state index in [2.05, 4.69) is 20.5 Å². The van der Waals surface area contributed by atoms with E-state index < -0.39 is 6.04 Å². The summed E-state index contributed by atoms with van der Waals surface area (Å²) in [6.45, 7) is 0.632. The van der Waals surface area contributed by atoms with Gasteiger partial charge in [-0.3, -0.25) is 19.7 Å². The number of carbonyl (C=O) groups is 2. The van der Waals surface area contributed by atoms with Crippen LogP contribution in [0.5, 0.6) is 0 Å². The van der Waals surface area contributed by atoms with Crippen LogP contribution in [0.3, 0.4) is 0 Å². The van der Waals surface area contributed by atoms with Crippen LogP contribution in [0.2, 0.25) is 0 Å². The highest BCUT2D eigenvalue weighted by molar-refractivity contribution is 6.08. The van der Waals surface area contributed by atoms with Crippen LogP contribution in [0.4, 0.5) is 5.69 Å². The second-order valence-electron chi connectivity index (χ2n) is 6.01. The lowest BCUT2D eigenvalue weighted by molar-refractivity contribution is -0.121. The van der Waals surface area contributed by atoms with E-state index in [1.165, 1.54) is 0 Å². The first-order valence-electron chi connectivity index (χ1n) is 8.18. The third kappa shape index (κ3) is 2.84. The van der Waals surface area contributed by atoms with Crippen molar-refractivity contribution in [1.82, 2.24) is 20.5 Å². The van der Waals surface area contributed by atoms with Gasteiger partial charge in [0.05, 0.1) is 29.2 Å². The molecule has 1 aliphatic rings. The van der Waals surface area contributed by atoms with Crippen molar-refractivity contribution in [1.29, 1.82) is 0 Å². The Hall–Kier alpha value is -3.22. The monoisotopic (exact) mass is 335 g/mol. The van der Waals surface area contributed by atoms with Crippen LogP contribution < -0.4 is 10.2 Å². The summed E-state index contributed by atoms with van der Waals surface area (Å²) in [4.78, 5) is 31.2. The summed E-state index contributed by atoms with van der Waals surface area (Å²) in [6.07, 6.45) is 6.44. The molecule has 0 aliphatic carbocycles. The van der Waals surface area contributed by atoms with Crippen LogP contribution in [0, 0.1) is 0 Å². The van der Waals surface area contributed by atoms with Gasteiger partial charge in [-0.15, -0.1) is 0 Å². The number of hydrogen-bond acceptors (Lipinski definition) is 4. The van der Waals surface area contributed by atoms with Crippen LogP contribution in [-0.2, 0) is 4.79 Å². The summed E-state index contributed by atoms with van der Waals surface area (Å²) in [5.41, 5.74) is 1.91. The van der Waals surface area contributed by atoms with Crippen molar-refractivity contribution in [3.05, 3.63) is 54.5 Å². The van der Waals surface area contributed by atoms with Gasteiger partial charge in [-0.1, -0.05) is 12.1 Å². The Morgan fingerprint density at radius 3 is 3.00 bits per heavy atom. The standard InChI is InChI=1S/C18H17N5O2/c24-17(14-6-1-4-12-10-20-22-16(12)14)21-15-7-3-9-23(18(15)25)13-5-2-8-19-11-13/h1-2,4-6,8,10-11,15H,3,7,9H2,(H,20,22)(H,21,24)/t15-/m1/s1. The normalized spacial score (nSPS) is 17.7. The lowest BCUT2D eigenvalue weighted by Crippen LogP contribution is -2.52. The van der Waals surface area contributed by atoms with Gasteiger partial charge >= 0.3 is 0 Å². The molecule has 3 heterocycles. The largest absolute Gasteiger partial charge is 0.340 e. The lowest BCUT2D eigenvalue weighted by atomic mass is 10.0. The molecule has 0 unspecified atom stereocenters. The molecule has 0 saturated carbocycles. The Bertz CT molecular complexity index is 921. The molecule has 2 N–H and O–H groups in total. The van der Waals surface area contributed by atoms with Crippen molar-refractivity contribution >= 4 is 28.4 Å². The number of aromatic nitrogens is 3. The van der Waals surface area contributed by atoms with E-state index in [1.54, 1.807) is 41.7 Å². The number of rotatable bonds is 3. The minimum atomic E-state index is -0.542. The molecule has 1 atom stereocenters. The average Bonchev–Trinajstić information content (AvgIpc) is 3.13. The molecule has 7 nitrogen and oxygen atoms in total. The number of H-pyrrole nitrogens is 1. The van der Waals surface area contributed by atoms with Crippen LogP contribution in [-0.4, -0.2) is 39.6 Å². The minimum Gasteiger partial charge on any atom is -0.340 e. The maximum Gasteiger partial charge on any atom is 0.254 e. The Kier molecular flexibility index (Phi) is 3.89. The van der Waals surface area contributed by atoms with Gasteiger partial charge in [-0.2, -0.15) is 5.10 Å². The van der Waals surface area contributed by atoms with Gasteiger partial charge in [-0.25, -0.2) is 0 Å². The SMILES string of the molecule is O=C(N[C@@H]1CCCN(c2cccnc2)C1=O)c1cccc2cn[nH]c12. The molecular formula is C18H17N5O2. The van der Waals surface area contributed by atoms with Gasteiger partial charge in [0.15, 0.2) is 0 Å². The van der Waals surface area contributed by atoms with Crippen molar-refractivity contribution in [2.24, 2.45) is 0 Å². The predicted octanol–water partition coefficient (Wildman–Crippen LogP) is 1.88. The number of amides is 2. The number of hydrogen-bond donors (Lipinski definition) is 2. The number of fused-ring (bicyclic) bond motifs is 1. The molecule has 0 spiro atoms. The summed E-state index contributed by atoms with van der Waals surface area (Å²) in [5, 5.41) is 10.5. The van der Waals surface area contributed by atoms with Gasteiger partial charge in [0.1, 0.15) is 6.04 Å². The summed E-state index contributed by atoms with van der Waals surface area (Å²) < 4.78 is 0. The number of para-hydroxylation sites is 1. The van der Waals surface area contributed by atoms with E-state index in [9.17, 15) is 9.59 Å². The van der Waals surface area contributed by atoms with E-state index in [4.69, 9.17) is 0 Å². The second kappa shape index (κ2) is 6.35. The van der Waals surface area contributed by atoms with E-state index >= 15 is 0 Å². The summed E-state index contributed by atoms with van der Waals surface area (Å²) in [7, 11) is 0. The van der Waals surface area contributed by atoms with Gasteiger partial charge in [0.25, 0.3) is 5.91 Å². The maximum atomic E-state index is 12.8. The van der Waals surface area contributed by atoms with E-state index in [0.717, 1.165) is 17.5 Å². The number of anilines is 1. The van der Waals surface area contributed by atoms with Crippen LogP contribution in [0.1, 0.15) is 23.2 Å². The average molecular weight is 335 g/mol. The number of carbonyl (C=O) groups excluding carboxylic acids is 2.